The average molecular weight is 503 g/mol. The third-order valence-corrected chi connectivity index (χ3v) is 6.76. The van der Waals surface area contributed by atoms with Crippen LogP contribution in [0.4, 0.5) is 18.9 Å². The lowest BCUT2D eigenvalue weighted by Crippen LogP contribution is -2.16. The number of thiophene rings is 1. The van der Waals surface area contributed by atoms with Crippen LogP contribution in [0.5, 0.6) is 0 Å². The van der Waals surface area contributed by atoms with Crippen molar-refractivity contribution in [3.8, 4) is 11.4 Å². The second-order valence-electron chi connectivity index (χ2n) is 7.35. The summed E-state index contributed by atoms with van der Waals surface area (Å²) in [5.41, 5.74) is 0.0128. The van der Waals surface area contributed by atoms with Gasteiger partial charge in [0.15, 0.2) is 11.0 Å². The van der Waals surface area contributed by atoms with Crippen molar-refractivity contribution < 1.29 is 18.0 Å². The summed E-state index contributed by atoms with van der Waals surface area (Å²) in [7, 11) is 0. The monoisotopic (exact) mass is 502 g/mol. The van der Waals surface area contributed by atoms with Crippen LogP contribution < -0.4 is 5.32 Å². The van der Waals surface area contributed by atoms with Crippen LogP contribution in [0, 0.1) is 0 Å². The molecule has 2 aromatic heterocycles. The minimum Gasteiger partial charge on any atom is -0.324 e. The van der Waals surface area contributed by atoms with Gasteiger partial charge in [-0.1, -0.05) is 36.7 Å². The fourth-order valence-corrected chi connectivity index (χ4v) is 5.03. The quantitative estimate of drug-likeness (QED) is 0.339. The Balaban J connectivity index is 1.73. The Labute approximate surface area is 197 Å². The number of aromatic nitrogens is 3. The number of anilines is 1. The van der Waals surface area contributed by atoms with Crippen LogP contribution in [0.15, 0.2) is 34.8 Å². The van der Waals surface area contributed by atoms with Crippen molar-refractivity contribution in [2.24, 2.45) is 0 Å². The van der Waals surface area contributed by atoms with E-state index in [2.05, 4.69) is 28.5 Å². The number of hydrogen-bond acceptors (Lipinski definition) is 5. The lowest BCUT2D eigenvalue weighted by molar-refractivity contribution is -0.137. The van der Waals surface area contributed by atoms with E-state index in [-0.39, 0.29) is 22.5 Å². The Morgan fingerprint density at radius 2 is 2.03 bits per heavy atom. The van der Waals surface area contributed by atoms with E-state index in [4.69, 9.17) is 11.6 Å². The molecule has 0 fully saturated rings. The van der Waals surface area contributed by atoms with Gasteiger partial charge in [0.05, 0.1) is 22.0 Å². The minimum atomic E-state index is -4.53. The highest BCUT2D eigenvalue weighted by atomic mass is 35.5. The summed E-state index contributed by atoms with van der Waals surface area (Å²) in [4.78, 5) is 13.7. The van der Waals surface area contributed by atoms with E-state index in [1.165, 1.54) is 16.6 Å². The summed E-state index contributed by atoms with van der Waals surface area (Å²) < 4.78 is 40.8. The summed E-state index contributed by atoms with van der Waals surface area (Å²) >= 11 is 8.80. The predicted molar refractivity (Wildman–Crippen MR) is 124 cm³/mol. The van der Waals surface area contributed by atoms with E-state index in [0.717, 1.165) is 42.4 Å². The number of thioether (sulfide) groups is 1. The van der Waals surface area contributed by atoms with E-state index in [1.54, 1.807) is 11.3 Å². The molecule has 5 nitrogen and oxygen atoms in total. The number of benzene rings is 1. The first-order valence-electron chi connectivity index (χ1n) is 9.92. The number of amides is 1. The summed E-state index contributed by atoms with van der Waals surface area (Å²) in [5.74, 6) is 0.182. The number of carbonyl (C=O) groups excluding carboxylic acids is 1. The topological polar surface area (TPSA) is 59.8 Å². The smallest absolute Gasteiger partial charge is 0.324 e. The molecule has 0 radical (unpaired) electrons. The predicted octanol–water partition coefficient (Wildman–Crippen LogP) is 6.94. The maximum atomic E-state index is 12.9. The molecule has 0 atom stereocenters. The highest BCUT2D eigenvalue weighted by Crippen LogP contribution is 2.34. The van der Waals surface area contributed by atoms with Gasteiger partial charge in [0.1, 0.15) is 0 Å². The first-order valence-corrected chi connectivity index (χ1v) is 12.2. The number of alkyl halides is 3. The molecule has 32 heavy (non-hydrogen) atoms. The molecule has 1 N–H and O–H groups in total. The van der Waals surface area contributed by atoms with Gasteiger partial charge < -0.3 is 5.32 Å². The third-order valence-electron chi connectivity index (χ3n) is 4.49. The second kappa shape index (κ2) is 10.3. The largest absolute Gasteiger partial charge is 0.416 e. The normalized spacial score (nSPS) is 11.9. The molecule has 0 aliphatic heterocycles. The molecule has 172 valence electrons. The van der Waals surface area contributed by atoms with Gasteiger partial charge in [-0.3, -0.25) is 9.36 Å². The van der Waals surface area contributed by atoms with E-state index < -0.39 is 17.6 Å². The van der Waals surface area contributed by atoms with Gasteiger partial charge in [0.25, 0.3) is 0 Å². The average Bonchev–Trinajstić information content (AvgIpc) is 3.34. The molecular formula is C21H22ClF3N4OS2. The molecule has 0 aliphatic rings. The number of rotatable bonds is 8. The van der Waals surface area contributed by atoms with E-state index in [1.807, 2.05) is 23.8 Å². The lowest BCUT2D eigenvalue weighted by atomic mass is 10.2. The van der Waals surface area contributed by atoms with Crippen molar-refractivity contribution >= 4 is 46.3 Å². The zero-order chi connectivity index (χ0) is 23.5. The summed E-state index contributed by atoms with van der Waals surface area (Å²) in [6.07, 6.45) is -2.47. The Morgan fingerprint density at radius 3 is 2.69 bits per heavy atom. The Kier molecular flexibility index (Phi) is 7.89. The summed E-state index contributed by atoms with van der Waals surface area (Å²) in [6.45, 7) is 6.12. The van der Waals surface area contributed by atoms with Gasteiger partial charge in [-0.2, -0.15) is 13.2 Å². The van der Waals surface area contributed by atoms with Gasteiger partial charge in [0, 0.05) is 21.9 Å². The molecule has 3 rings (SSSR count). The molecule has 1 aromatic carbocycles. The molecule has 0 bridgehead atoms. The van der Waals surface area contributed by atoms with E-state index in [0.29, 0.717) is 5.16 Å². The summed E-state index contributed by atoms with van der Waals surface area (Å²) in [6, 6.07) is 4.97. The molecule has 0 aliphatic carbocycles. The highest BCUT2D eigenvalue weighted by molar-refractivity contribution is 7.99. The van der Waals surface area contributed by atoms with Crippen LogP contribution in [0.25, 0.3) is 11.4 Å². The fourth-order valence-electron chi connectivity index (χ4n) is 3.03. The first kappa shape index (κ1) is 24.6. The van der Waals surface area contributed by atoms with Gasteiger partial charge in [0.2, 0.25) is 5.91 Å². The molecule has 3 aromatic rings. The van der Waals surface area contributed by atoms with Gasteiger partial charge in [-0.05, 0) is 44.5 Å². The lowest BCUT2D eigenvalue weighted by Gasteiger charge is -2.14. The molecule has 1 amide bonds. The highest BCUT2D eigenvalue weighted by Gasteiger charge is 2.31. The van der Waals surface area contributed by atoms with Gasteiger partial charge in [-0.25, -0.2) is 0 Å². The molecule has 0 spiro atoms. The Hall–Kier alpha value is -2.04. The van der Waals surface area contributed by atoms with Crippen LogP contribution in [-0.2, 0) is 17.4 Å². The minimum absolute atomic E-state index is 0.0318. The van der Waals surface area contributed by atoms with Crippen LogP contribution >= 0.6 is 34.7 Å². The zero-order valence-electron chi connectivity index (χ0n) is 17.7. The third kappa shape index (κ3) is 5.85. The molecular weight excluding hydrogens is 481 g/mol. The van der Waals surface area contributed by atoms with E-state index in [9.17, 15) is 18.0 Å². The van der Waals surface area contributed by atoms with Crippen molar-refractivity contribution in [1.29, 1.82) is 0 Å². The number of hydrogen-bond donors (Lipinski definition) is 1. The number of nitrogens with zero attached hydrogens (tertiary/aromatic N) is 3. The molecule has 2 heterocycles. The maximum Gasteiger partial charge on any atom is 0.416 e. The number of nitrogens with one attached hydrogen (secondary N) is 1. The summed E-state index contributed by atoms with van der Waals surface area (Å²) in [5, 5.41) is 13.6. The van der Waals surface area contributed by atoms with Gasteiger partial charge >= 0.3 is 6.18 Å². The van der Waals surface area contributed by atoms with E-state index >= 15 is 0 Å². The van der Waals surface area contributed by atoms with Crippen LogP contribution in [0.1, 0.15) is 43.7 Å². The second-order valence-corrected chi connectivity index (χ2v) is 9.70. The van der Waals surface area contributed by atoms with Crippen molar-refractivity contribution in [1.82, 2.24) is 14.8 Å². The van der Waals surface area contributed by atoms with Crippen molar-refractivity contribution in [3.05, 3.63) is 45.1 Å². The maximum absolute atomic E-state index is 12.9. The SMILES string of the molecule is CCCc1cc(-c2nnc(SCC(=O)Nc3cc(C(F)(F)F)ccc3Cl)n2C(C)C)cs1. The fraction of sp³-hybridized carbons (Fsp3) is 0.381. The van der Waals surface area contributed by atoms with Crippen LogP contribution in [0.3, 0.4) is 0 Å². The van der Waals surface area contributed by atoms with Crippen molar-refractivity contribution in [2.75, 3.05) is 11.1 Å². The zero-order valence-corrected chi connectivity index (χ0v) is 20.1. The Morgan fingerprint density at radius 1 is 1.28 bits per heavy atom. The van der Waals surface area contributed by atoms with Crippen molar-refractivity contribution in [3.63, 3.8) is 0 Å². The number of halogens is 4. The van der Waals surface area contributed by atoms with Crippen molar-refractivity contribution in [2.45, 2.75) is 51.0 Å². The molecule has 0 unspecified atom stereocenters. The van der Waals surface area contributed by atoms with Gasteiger partial charge in [-0.15, -0.1) is 21.5 Å². The standard InChI is InChI=1S/C21H22ClF3N4OS2/c1-4-5-15-8-13(10-31-15)19-27-28-20(29(19)12(2)3)32-11-18(30)26-17-9-14(21(23,24)25)6-7-16(17)22/h6-10,12H,4-5,11H2,1-3H3,(H,26,30). The number of aryl methyl sites for hydroxylation is 1. The van der Waals surface area contributed by atoms with Crippen LogP contribution in [-0.4, -0.2) is 26.4 Å². The number of carbonyl (C=O) groups is 1. The molecule has 0 saturated heterocycles. The van der Waals surface area contributed by atoms with Crippen LogP contribution in [0.2, 0.25) is 5.02 Å². The Bertz CT molecular complexity index is 1100. The first-order chi connectivity index (χ1) is 15.1. The molecule has 11 heteroatoms. The molecule has 0 saturated carbocycles.